The molecule has 0 spiro atoms. The fourth-order valence-electron chi connectivity index (χ4n) is 2.46. The molecule has 1 aliphatic rings. The third-order valence-corrected chi connectivity index (χ3v) is 3.82. The van der Waals surface area contributed by atoms with E-state index in [0.29, 0.717) is 18.6 Å². The van der Waals surface area contributed by atoms with Gasteiger partial charge in [-0.2, -0.15) is 5.10 Å². The van der Waals surface area contributed by atoms with E-state index >= 15 is 0 Å². The largest absolute Gasteiger partial charge is 0.484 e. The van der Waals surface area contributed by atoms with Crippen LogP contribution in [0.4, 0.5) is 5.69 Å². The van der Waals surface area contributed by atoms with Crippen molar-refractivity contribution < 1.29 is 14.3 Å². The molecule has 2 amide bonds. The molecule has 0 radical (unpaired) electrons. The van der Waals surface area contributed by atoms with Crippen LogP contribution in [-0.2, 0) is 16.0 Å². The summed E-state index contributed by atoms with van der Waals surface area (Å²) in [6, 6.07) is 13.2. The number of ether oxygens (including phenoxy) is 1. The van der Waals surface area contributed by atoms with E-state index in [0.717, 1.165) is 16.8 Å². The molecule has 1 aliphatic heterocycles. The van der Waals surface area contributed by atoms with Gasteiger partial charge in [-0.25, -0.2) is 5.43 Å². The number of aryl methyl sites for hydroxylation is 2. The van der Waals surface area contributed by atoms with Crippen molar-refractivity contribution in [3.05, 3.63) is 59.2 Å². The minimum Gasteiger partial charge on any atom is -0.484 e. The number of nitrogens with zero attached hydrogens (tertiary/aromatic N) is 1. The second-order valence-corrected chi connectivity index (χ2v) is 5.86. The van der Waals surface area contributed by atoms with Crippen molar-refractivity contribution >= 4 is 23.7 Å². The van der Waals surface area contributed by atoms with Crippen LogP contribution in [0.2, 0.25) is 0 Å². The molecule has 1 heterocycles. The lowest BCUT2D eigenvalue weighted by Gasteiger charge is -2.17. The Bertz CT molecular complexity index is 814. The first-order valence-corrected chi connectivity index (χ1v) is 9.04. The first-order chi connectivity index (χ1) is 13.1. The number of amides is 2. The van der Waals surface area contributed by atoms with Gasteiger partial charge in [-0.15, -0.1) is 0 Å². The average molecular weight is 367 g/mol. The van der Waals surface area contributed by atoms with Crippen molar-refractivity contribution in [2.45, 2.75) is 33.6 Å². The Kier molecular flexibility index (Phi) is 7.55. The lowest BCUT2D eigenvalue weighted by molar-refractivity contribution is -0.123. The quantitative estimate of drug-likeness (QED) is 0.628. The SMILES string of the molecule is CC.Cc1ccc(/C=N/NC(=O)COc2ccc3c(c2)CCC(=O)N3)cc1. The van der Waals surface area contributed by atoms with Gasteiger partial charge in [-0.1, -0.05) is 43.7 Å². The van der Waals surface area contributed by atoms with E-state index in [4.69, 9.17) is 4.74 Å². The average Bonchev–Trinajstić information content (AvgIpc) is 2.69. The number of benzene rings is 2. The van der Waals surface area contributed by atoms with E-state index in [9.17, 15) is 9.59 Å². The normalized spacial score (nSPS) is 12.5. The number of carbonyl (C=O) groups is 2. The molecule has 0 aromatic heterocycles. The number of fused-ring (bicyclic) bond motifs is 1. The van der Waals surface area contributed by atoms with E-state index in [2.05, 4.69) is 15.8 Å². The van der Waals surface area contributed by atoms with Crippen molar-refractivity contribution in [2.75, 3.05) is 11.9 Å². The van der Waals surface area contributed by atoms with Crippen molar-refractivity contribution in [2.24, 2.45) is 5.10 Å². The summed E-state index contributed by atoms with van der Waals surface area (Å²) >= 11 is 0. The third kappa shape index (κ3) is 6.26. The minimum atomic E-state index is -0.339. The molecule has 2 aromatic carbocycles. The van der Waals surface area contributed by atoms with Crippen LogP contribution in [0.25, 0.3) is 0 Å². The first-order valence-electron chi connectivity index (χ1n) is 9.04. The predicted molar refractivity (Wildman–Crippen MR) is 107 cm³/mol. The van der Waals surface area contributed by atoms with Crippen molar-refractivity contribution in [3.63, 3.8) is 0 Å². The Labute approximate surface area is 159 Å². The van der Waals surface area contributed by atoms with Crippen LogP contribution in [0, 0.1) is 6.92 Å². The predicted octanol–water partition coefficient (Wildman–Crippen LogP) is 3.44. The molecule has 6 heteroatoms. The lowest BCUT2D eigenvalue weighted by atomic mass is 10.0. The lowest BCUT2D eigenvalue weighted by Crippen LogP contribution is -2.24. The molecule has 0 saturated carbocycles. The maximum absolute atomic E-state index is 11.8. The number of nitrogens with one attached hydrogen (secondary N) is 2. The van der Waals surface area contributed by atoms with Gasteiger partial charge in [0.1, 0.15) is 5.75 Å². The van der Waals surface area contributed by atoms with Gasteiger partial charge in [0.2, 0.25) is 5.91 Å². The molecule has 0 unspecified atom stereocenters. The standard InChI is InChI=1S/C19H19N3O3.C2H6/c1-13-2-4-14(5-3-13)11-20-22-19(24)12-25-16-7-8-17-15(10-16)6-9-18(23)21-17;1-2/h2-5,7-8,10-11H,6,9,12H2,1H3,(H,21,23)(H,22,24);1-2H3/b20-11+;. The zero-order valence-electron chi connectivity index (χ0n) is 15.9. The highest BCUT2D eigenvalue weighted by atomic mass is 16.5. The van der Waals surface area contributed by atoms with Crippen LogP contribution in [0.15, 0.2) is 47.6 Å². The Morgan fingerprint density at radius 1 is 1.19 bits per heavy atom. The number of hydrazone groups is 1. The van der Waals surface area contributed by atoms with Gasteiger partial charge in [-0.05, 0) is 42.7 Å². The first kappa shape index (κ1) is 20.2. The molecule has 0 fully saturated rings. The third-order valence-electron chi connectivity index (χ3n) is 3.82. The van der Waals surface area contributed by atoms with E-state index in [1.165, 1.54) is 5.56 Å². The molecule has 0 bridgehead atoms. The Hall–Kier alpha value is -3.15. The molecular weight excluding hydrogens is 342 g/mol. The summed E-state index contributed by atoms with van der Waals surface area (Å²) in [5.41, 5.74) is 6.32. The summed E-state index contributed by atoms with van der Waals surface area (Å²) in [6.45, 7) is 5.88. The number of carbonyl (C=O) groups excluding carboxylic acids is 2. The van der Waals surface area contributed by atoms with Gasteiger partial charge in [-0.3, -0.25) is 9.59 Å². The maximum Gasteiger partial charge on any atom is 0.277 e. The fourth-order valence-corrected chi connectivity index (χ4v) is 2.46. The van der Waals surface area contributed by atoms with Gasteiger partial charge >= 0.3 is 0 Å². The fraction of sp³-hybridized carbons (Fsp3) is 0.286. The monoisotopic (exact) mass is 367 g/mol. The summed E-state index contributed by atoms with van der Waals surface area (Å²) in [5, 5.41) is 6.72. The van der Waals surface area contributed by atoms with E-state index < -0.39 is 0 Å². The number of hydrogen-bond acceptors (Lipinski definition) is 4. The van der Waals surface area contributed by atoms with Crippen molar-refractivity contribution in [1.29, 1.82) is 0 Å². The van der Waals surface area contributed by atoms with Gasteiger partial charge in [0.05, 0.1) is 6.21 Å². The van der Waals surface area contributed by atoms with Crippen LogP contribution >= 0.6 is 0 Å². The highest BCUT2D eigenvalue weighted by Crippen LogP contribution is 2.26. The zero-order valence-corrected chi connectivity index (χ0v) is 15.9. The second-order valence-electron chi connectivity index (χ2n) is 5.86. The van der Waals surface area contributed by atoms with E-state index in [1.807, 2.05) is 51.1 Å². The molecule has 3 rings (SSSR count). The number of rotatable bonds is 5. The summed E-state index contributed by atoms with van der Waals surface area (Å²) in [6.07, 6.45) is 2.72. The van der Waals surface area contributed by atoms with Crippen LogP contribution in [-0.4, -0.2) is 24.6 Å². The summed E-state index contributed by atoms with van der Waals surface area (Å²) < 4.78 is 5.48. The molecule has 27 heavy (non-hydrogen) atoms. The minimum absolute atomic E-state index is 0.0204. The molecule has 142 valence electrons. The summed E-state index contributed by atoms with van der Waals surface area (Å²) in [5.74, 6) is 0.272. The molecule has 0 saturated heterocycles. The maximum atomic E-state index is 11.8. The summed E-state index contributed by atoms with van der Waals surface area (Å²) in [7, 11) is 0. The molecular formula is C21H25N3O3. The molecule has 0 atom stereocenters. The van der Waals surface area contributed by atoms with Crippen molar-refractivity contribution in [1.82, 2.24) is 5.43 Å². The van der Waals surface area contributed by atoms with Gasteiger partial charge in [0.15, 0.2) is 6.61 Å². The van der Waals surface area contributed by atoms with Crippen LogP contribution < -0.4 is 15.5 Å². The molecule has 2 N–H and O–H groups in total. The van der Waals surface area contributed by atoms with Crippen LogP contribution in [0.1, 0.15) is 37.0 Å². The van der Waals surface area contributed by atoms with Crippen LogP contribution in [0.5, 0.6) is 5.75 Å². The Morgan fingerprint density at radius 2 is 1.93 bits per heavy atom. The summed E-state index contributed by atoms with van der Waals surface area (Å²) in [4.78, 5) is 23.1. The van der Waals surface area contributed by atoms with Gasteiger partial charge in [0, 0.05) is 12.1 Å². The van der Waals surface area contributed by atoms with Gasteiger partial charge in [0.25, 0.3) is 5.91 Å². The second kappa shape index (κ2) is 10.1. The highest BCUT2D eigenvalue weighted by molar-refractivity contribution is 5.94. The van der Waals surface area contributed by atoms with Crippen molar-refractivity contribution in [3.8, 4) is 5.75 Å². The molecule has 6 nitrogen and oxygen atoms in total. The molecule has 2 aromatic rings. The van der Waals surface area contributed by atoms with Crippen LogP contribution in [0.3, 0.4) is 0 Å². The Morgan fingerprint density at radius 3 is 2.67 bits per heavy atom. The highest BCUT2D eigenvalue weighted by Gasteiger charge is 2.15. The smallest absolute Gasteiger partial charge is 0.277 e. The number of anilines is 1. The topological polar surface area (TPSA) is 79.8 Å². The number of hydrogen-bond donors (Lipinski definition) is 2. The van der Waals surface area contributed by atoms with Gasteiger partial charge < -0.3 is 10.1 Å². The van der Waals surface area contributed by atoms with E-state index in [1.54, 1.807) is 18.3 Å². The Balaban J connectivity index is 0.00000126. The molecule has 0 aliphatic carbocycles. The zero-order chi connectivity index (χ0) is 19.6. The van der Waals surface area contributed by atoms with E-state index in [-0.39, 0.29) is 18.4 Å².